The van der Waals surface area contributed by atoms with E-state index in [1.54, 1.807) is 10.4 Å². The molecule has 1 nitrogen and oxygen atoms in total. The summed E-state index contributed by atoms with van der Waals surface area (Å²) in [6, 6.07) is 3.04. The number of halogens is 1. The van der Waals surface area contributed by atoms with Crippen LogP contribution in [0.3, 0.4) is 0 Å². The van der Waals surface area contributed by atoms with Crippen LogP contribution in [0.5, 0.6) is 0 Å². The lowest BCUT2D eigenvalue weighted by Crippen LogP contribution is -2.29. The first-order chi connectivity index (χ1) is 8.33. The predicted molar refractivity (Wildman–Crippen MR) is 86.2 cm³/mol. The van der Waals surface area contributed by atoms with Crippen LogP contribution < -0.4 is 5.32 Å². The van der Waals surface area contributed by atoms with Crippen LogP contribution in [0, 0.1) is 2.88 Å². The Bertz CT molecular complexity index is 385. The normalized spacial score (nSPS) is 28.3. The summed E-state index contributed by atoms with van der Waals surface area (Å²) in [6.07, 6.45) is 6.83. The zero-order valence-electron chi connectivity index (χ0n) is 9.88. The molecule has 2 heterocycles. The van der Waals surface area contributed by atoms with Crippen LogP contribution in [0.1, 0.15) is 42.2 Å². The fourth-order valence-electron chi connectivity index (χ4n) is 2.81. The minimum Gasteiger partial charge on any atom is -0.309 e. The average molecular weight is 379 g/mol. The molecule has 3 rings (SSSR count). The monoisotopic (exact) mass is 379 g/mol. The summed E-state index contributed by atoms with van der Waals surface area (Å²) < 4.78 is 1.46. The molecule has 1 fully saturated rings. The number of thioether (sulfide) groups is 1. The Balaban J connectivity index is 1.63. The van der Waals surface area contributed by atoms with E-state index in [1.165, 1.54) is 47.3 Å². The predicted octanol–water partition coefficient (Wildman–Crippen LogP) is 4.22. The quantitative estimate of drug-likeness (QED) is 0.790. The van der Waals surface area contributed by atoms with Crippen molar-refractivity contribution in [2.75, 3.05) is 12.3 Å². The molecule has 0 bridgehead atoms. The van der Waals surface area contributed by atoms with Crippen molar-refractivity contribution in [3.8, 4) is 0 Å². The smallest absolute Gasteiger partial charge is 0.0659 e. The molecule has 2 aliphatic rings. The fourth-order valence-corrected chi connectivity index (χ4v) is 6.15. The van der Waals surface area contributed by atoms with Gasteiger partial charge in [0.1, 0.15) is 0 Å². The van der Waals surface area contributed by atoms with E-state index >= 15 is 0 Å². The highest BCUT2D eigenvalue weighted by Crippen LogP contribution is 2.36. The van der Waals surface area contributed by atoms with Crippen LogP contribution in [-0.2, 0) is 6.42 Å². The Hall–Kier alpha value is 0.740. The van der Waals surface area contributed by atoms with Crippen molar-refractivity contribution >= 4 is 45.7 Å². The molecule has 1 aromatic heterocycles. The summed E-state index contributed by atoms with van der Waals surface area (Å²) in [7, 11) is 0. The second-order valence-electron chi connectivity index (χ2n) is 4.92. The Morgan fingerprint density at radius 3 is 3.12 bits per heavy atom. The van der Waals surface area contributed by atoms with Gasteiger partial charge in [-0.1, -0.05) is 0 Å². The molecule has 17 heavy (non-hydrogen) atoms. The summed E-state index contributed by atoms with van der Waals surface area (Å²) in [5.74, 6) is 1.37. The van der Waals surface area contributed by atoms with Gasteiger partial charge in [-0.2, -0.15) is 11.8 Å². The number of hydrogen-bond acceptors (Lipinski definition) is 3. The number of nitrogens with one attached hydrogen (secondary N) is 1. The van der Waals surface area contributed by atoms with E-state index in [1.807, 2.05) is 11.3 Å². The number of rotatable bonds is 3. The standard InChI is InChI=1S/C13H18INS2/c14-13-7-10-11(4-1-5-12(10)17-13)15-8-9-3-2-6-16-9/h7,9,11,15H,1-6,8H2. The van der Waals surface area contributed by atoms with Gasteiger partial charge in [0.15, 0.2) is 0 Å². The van der Waals surface area contributed by atoms with Crippen LogP contribution in [-0.4, -0.2) is 17.5 Å². The van der Waals surface area contributed by atoms with Crippen LogP contribution in [0.4, 0.5) is 0 Å². The van der Waals surface area contributed by atoms with Crippen LogP contribution in [0.25, 0.3) is 0 Å². The molecule has 0 amide bonds. The van der Waals surface area contributed by atoms with Crippen molar-refractivity contribution in [2.24, 2.45) is 0 Å². The van der Waals surface area contributed by atoms with Crippen molar-refractivity contribution in [3.63, 3.8) is 0 Å². The van der Waals surface area contributed by atoms with Crippen molar-refractivity contribution < 1.29 is 0 Å². The first kappa shape index (κ1) is 12.8. The molecule has 2 unspecified atom stereocenters. The highest BCUT2D eigenvalue weighted by Gasteiger charge is 2.24. The third-order valence-electron chi connectivity index (χ3n) is 3.70. The van der Waals surface area contributed by atoms with Gasteiger partial charge >= 0.3 is 0 Å². The van der Waals surface area contributed by atoms with E-state index in [4.69, 9.17) is 0 Å². The van der Waals surface area contributed by atoms with E-state index in [0.29, 0.717) is 6.04 Å². The highest BCUT2D eigenvalue weighted by atomic mass is 127. The molecular formula is C13H18INS2. The largest absolute Gasteiger partial charge is 0.309 e. The number of hydrogen-bond donors (Lipinski definition) is 1. The Morgan fingerprint density at radius 2 is 2.29 bits per heavy atom. The summed E-state index contributed by atoms with van der Waals surface area (Å²) >= 11 is 6.61. The van der Waals surface area contributed by atoms with Gasteiger partial charge < -0.3 is 5.32 Å². The zero-order valence-corrected chi connectivity index (χ0v) is 13.7. The lowest BCUT2D eigenvalue weighted by molar-refractivity contribution is 0.461. The maximum atomic E-state index is 3.82. The molecule has 0 spiro atoms. The van der Waals surface area contributed by atoms with Crippen molar-refractivity contribution in [1.82, 2.24) is 5.32 Å². The van der Waals surface area contributed by atoms with E-state index in [9.17, 15) is 0 Å². The van der Waals surface area contributed by atoms with E-state index in [2.05, 4.69) is 45.7 Å². The molecule has 0 aromatic carbocycles. The van der Waals surface area contributed by atoms with Gasteiger partial charge in [0.25, 0.3) is 0 Å². The van der Waals surface area contributed by atoms with Gasteiger partial charge in [0.2, 0.25) is 0 Å². The molecule has 4 heteroatoms. The molecule has 1 saturated heterocycles. The van der Waals surface area contributed by atoms with Gasteiger partial charge in [0.05, 0.1) is 2.88 Å². The molecule has 0 radical (unpaired) electrons. The lowest BCUT2D eigenvalue weighted by Gasteiger charge is -2.25. The van der Waals surface area contributed by atoms with Gasteiger partial charge in [-0.15, -0.1) is 11.3 Å². The molecule has 1 aliphatic heterocycles. The van der Waals surface area contributed by atoms with E-state index in [0.717, 1.165) is 5.25 Å². The number of fused-ring (bicyclic) bond motifs is 1. The Kier molecular flexibility index (Phi) is 4.35. The minimum atomic E-state index is 0.639. The summed E-state index contributed by atoms with van der Waals surface area (Å²) in [5.41, 5.74) is 1.61. The van der Waals surface area contributed by atoms with E-state index < -0.39 is 0 Å². The highest BCUT2D eigenvalue weighted by molar-refractivity contribution is 14.1. The molecule has 1 aliphatic carbocycles. The van der Waals surface area contributed by atoms with Crippen LogP contribution >= 0.6 is 45.7 Å². The molecule has 0 saturated carbocycles. The lowest BCUT2D eigenvalue weighted by atomic mass is 9.94. The molecule has 1 aromatic rings. The van der Waals surface area contributed by atoms with Gasteiger partial charge in [-0.05, 0) is 72.1 Å². The van der Waals surface area contributed by atoms with Crippen LogP contribution in [0.15, 0.2) is 6.07 Å². The first-order valence-electron chi connectivity index (χ1n) is 6.46. The van der Waals surface area contributed by atoms with Crippen molar-refractivity contribution in [2.45, 2.75) is 43.4 Å². The van der Waals surface area contributed by atoms with Crippen molar-refractivity contribution in [3.05, 3.63) is 19.4 Å². The minimum absolute atomic E-state index is 0.639. The van der Waals surface area contributed by atoms with E-state index in [-0.39, 0.29) is 0 Å². The zero-order chi connectivity index (χ0) is 11.7. The van der Waals surface area contributed by atoms with Crippen LogP contribution in [0.2, 0.25) is 0 Å². The SMILES string of the molecule is Ic1cc2c(s1)CCCC2NCC1CCCS1. The Morgan fingerprint density at radius 1 is 1.35 bits per heavy atom. The molecular weight excluding hydrogens is 361 g/mol. The van der Waals surface area contributed by atoms with Gasteiger partial charge in [-0.3, -0.25) is 0 Å². The molecule has 2 atom stereocenters. The average Bonchev–Trinajstić information content (AvgIpc) is 2.93. The number of thiophene rings is 1. The second kappa shape index (κ2) is 5.80. The summed E-state index contributed by atoms with van der Waals surface area (Å²) in [4.78, 5) is 1.64. The summed E-state index contributed by atoms with van der Waals surface area (Å²) in [6.45, 7) is 1.21. The van der Waals surface area contributed by atoms with Gasteiger partial charge in [-0.25, -0.2) is 0 Å². The maximum Gasteiger partial charge on any atom is 0.0659 e. The topological polar surface area (TPSA) is 12.0 Å². The molecule has 1 N–H and O–H groups in total. The second-order valence-corrected chi connectivity index (χ2v) is 9.36. The third-order valence-corrected chi connectivity index (χ3v) is 7.07. The molecule has 94 valence electrons. The van der Waals surface area contributed by atoms with Gasteiger partial charge in [0, 0.05) is 22.7 Å². The first-order valence-corrected chi connectivity index (χ1v) is 9.40. The fraction of sp³-hybridized carbons (Fsp3) is 0.692. The maximum absolute atomic E-state index is 3.82. The number of aryl methyl sites for hydroxylation is 1. The Labute approximate surface area is 125 Å². The van der Waals surface area contributed by atoms with Crippen molar-refractivity contribution in [1.29, 1.82) is 0 Å². The third kappa shape index (κ3) is 3.01. The summed E-state index contributed by atoms with van der Waals surface area (Å²) in [5, 5.41) is 4.69.